The number of fused-ring (bicyclic) bond motifs is 1. The lowest BCUT2D eigenvalue weighted by Gasteiger charge is -2.19. The molecule has 0 amide bonds. The zero-order valence-electron chi connectivity index (χ0n) is 9.43. The number of rotatable bonds is 2. The highest BCUT2D eigenvalue weighted by Crippen LogP contribution is 2.33. The standard InChI is InChI=1S/C12H14N2O2S/c15-11(16)10-7-14-6-9(13-12(14)17-10)8-4-2-1-3-5-8/h6-8H,1-5H2,(H,15,16). The van der Waals surface area contributed by atoms with Crippen LogP contribution < -0.4 is 0 Å². The summed E-state index contributed by atoms with van der Waals surface area (Å²) in [6, 6.07) is 0. The molecule has 1 fully saturated rings. The smallest absolute Gasteiger partial charge is 0.347 e. The fourth-order valence-corrected chi connectivity index (χ4v) is 3.32. The Balaban J connectivity index is 1.91. The highest BCUT2D eigenvalue weighted by molar-refractivity contribution is 7.18. The van der Waals surface area contributed by atoms with Crippen molar-refractivity contribution in [2.75, 3.05) is 0 Å². The van der Waals surface area contributed by atoms with Crippen LogP contribution in [0.4, 0.5) is 0 Å². The summed E-state index contributed by atoms with van der Waals surface area (Å²) in [6.07, 6.45) is 10.00. The first-order chi connectivity index (χ1) is 8.24. The van der Waals surface area contributed by atoms with Gasteiger partial charge in [-0.3, -0.25) is 4.40 Å². The Kier molecular flexibility index (Phi) is 2.63. The molecule has 4 nitrogen and oxygen atoms in total. The second-order valence-electron chi connectivity index (χ2n) is 4.59. The lowest BCUT2D eigenvalue weighted by Crippen LogP contribution is -2.04. The summed E-state index contributed by atoms with van der Waals surface area (Å²) < 4.78 is 1.85. The maximum absolute atomic E-state index is 10.8. The Hall–Kier alpha value is -1.36. The minimum Gasteiger partial charge on any atom is -0.477 e. The molecule has 0 unspecified atom stereocenters. The summed E-state index contributed by atoms with van der Waals surface area (Å²) >= 11 is 1.24. The monoisotopic (exact) mass is 250 g/mol. The van der Waals surface area contributed by atoms with Gasteiger partial charge in [-0.2, -0.15) is 0 Å². The van der Waals surface area contributed by atoms with Crippen molar-refractivity contribution >= 4 is 22.3 Å². The summed E-state index contributed by atoms with van der Waals surface area (Å²) in [5, 5.41) is 8.89. The summed E-state index contributed by atoms with van der Waals surface area (Å²) in [5.74, 6) is -0.302. The van der Waals surface area contributed by atoms with Gasteiger partial charge in [0, 0.05) is 18.3 Å². The molecule has 1 aliphatic rings. The third-order valence-electron chi connectivity index (χ3n) is 3.41. The van der Waals surface area contributed by atoms with E-state index in [-0.39, 0.29) is 0 Å². The van der Waals surface area contributed by atoms with Crippen LogP contribution in [0.3, 0.4) is 0 Å². The lowest BCUT2D eigenvalue weighted by molar-refractivity contribution is 0.0702. The van der Waals surface area contributed by atoms with E-state index in [1.54, 1.807) is 6.20 Å². The quantitative estimate of drug-likeness (QED) is 0.890. The lowest BCUT2D eigenvalue weighted by atomic mass is 9.87. The molecule has 0 aliphatic heterocycles. The van der Waals surface area contributed by atoms with Crippen LogP contribution in [-0.2, 0) is 0 Å². The van der Waals surface area contributed by atoms with E-state index < -0.39 is 5.97 Å². The first-order valence-electron chi connectivity index (χ1n) is 5.96. The number of carboxylic acid groups (broad SMARTS) is 1. The second kappa shape index (κ2) is 4.14. The maximum atomic E-state index is 10.8. The van der Waals surface area contributed by atoms with Gasteiger partial charge in [-0.05, 0) is 12.8 Å². The molecule has 90 valence electrons. The number of nitrogens with zero attached hydrogens (tertiary/aromatic N) is 2. The van der Waals surface area contributed by atoms with E-state index >= 15 is 0 Å². The molecule has 3 rings (SSSR count). The highest BCUT2D eigenvalue weighted by atomic mass is 32.1. The minimum absolute atomic E-state index is 0.350. The van der Waals surface area contributed by atoms with Crippen LogP contribution in [0.25, 0.3) is 4.96 Å². The van der Waals surface area contributed by atoms with Crippen molar-refractivity contribution < 1.29 is 9.90 Å². The normalized spacial score (nSPS) is 17.6. The van der Waals surface area contributed by atoms with E-state index in [1.165, 1.54) is 43.4 Å². The zero-order valence-corrected chi connectivity index (χ0v) is 10.2. The third-order valence-corrected chi connectivity index (χ3v) is 4.39. The van der Waals surface area contributed by atoms with Gasteiger partial charge in [-0.1, -0.05) is 30.6 Å². The predicted molar refractivity (Wildman–Crippen MR) is 65.9 cm³/mol. The summed E-state index contributed by atoms with van der Waals surface area (Å²) in [5.41, 5.74) is 1.13. The molecule has 0 aromatic carbocycles. The van der Waals surface area contributed by atoms with E-state index in [0.29, 0.717) is 10.8 Å². The second-order valence-corrected chi connectivity index (χ2v) is 5.60. The molecule has 0 spiro atoms. The van der Waals surface area contributed by atoms with Crippen molar-refractivity contribution in [2.24, 2.45) is 0 Å². The fourth-order valence-electron chi connectivity index (χ4n) is 2.51. The molecule has 0 atom stereocenters. The topological polar surface area (TPSA) is 54.6 Å². The Morgan fingerprint density at radius 1 is 1.35 bits per heavy atom. The maximum Gasteiger partial charge on any atom is 0.347 e. The molecule has 1 saturated carbocycles. The highest BCUT2D eigenvalue weighted by Gasteiger charge is 2.19. The van der Waals surface area contributed by atoms with Crippen molar-refractivity contribution in [2.45, 2.75) is 38.0 Å². The molecule has 0 radical (unpaired) electrons. The van der Waals surface area contributed by atoms with Gasteiger partial charge in [0.1, 0.15) is 4.88 Å². The van der Waals surface area contributed by atoms with E-state index in [9.17, 15) is 4.79 Å². The first-order valence-corrected chi connectivity index (χ1v) is 6.77. The summed E-state index contributed by atoms with van der Waals surface area (Å²) in [6.45, 7) is 0. The Labute approximate surface area is 103 Å². The minimum atomic E-state index is -0.875. The van der Waals surface area contributed by atoms with Crippen LogP contribution in [-0.4, -0.2) is 20.5 Å². The molecular weight excluding hydrogens is 236 g/mol. The molecular formula is C12H14N2O2S. The Morgan fingerprint density at radius 2 is 2.12 bits per heavy atom. The van der Waals surface area contributed by atoms with Crippen LogP contribution in [0.5, 0.6) is 0 Å². The van der Waals surface area contributed by atoms with Crippen LogP contribution >= 0.6 is 11.3 Å². The van der Waals surface area contributed by atoms with Crippen LogP contribution in [0.2, 0.25) is 0 Å². The summed E-state index contributed by atoms with van der Waals surface area (Å²) in [7, 11) is 0. The van der Waals surface area contributed by atoms with Crippen LogP contribution in [0.15, 0.2) is 12.4 Å². The van der Waals surface area contributed by atoms with E-state index in [2.05, 4.69) is 4.98 Å². The van der Waals surface area contributed by atoms with Gasteiger partial charge in [0.05, 0.1) is 5.69 Å². The van der Waals surface area contributed by atoms with Gasteiger partial charge in [0.15, 0.2) is 4.96 Å². The molecule has 2 aromatic rings. The molecule has 5 heteroatoms. The zero-order chi connectivity index (χ0) is 11.8. The van der Waals surface area contributed by atoms with Crippen molar-refractivity contribution in [1.29, 1.82) is 0 Å². The Morgan fingerprint density at radius 3 is 2.76 bits per heavy atom. The average molecular weight is 250 g/mol. The average Bonchev–Trinajstić information content (AvgIpc) is 2.87. The molecule has 2 heterocycles. The molecule has 1 aliphatic carbocycles. The third kappa shape index (κ3) is 1.95. The van der Waals surface area contributed by atoms with Crippen molar-refractivity contribution in [3.63, 3.8) is 0 Å². The van der Waals surface area contributed by atoms with Gasteiger partial charge in [0.2, 0.25) is 0 Å². The van der Waals surface area contributed by atoms with Gasteiger partial charge in [-0.25, -0.2) is 9.78 Å². The number of imidazole rings is 1. The number of hydrogen-bond acceptors (Lipinski definition) is 3. The SMILES string of the molecule is O=C(O)c1cn2cc(C3CCCCC3)nc2s1. The largest absolute Gasteiger partial charge is 0.477 e. The molecule has 1 N–H and O–H groups in total. The van der Waals surface area contributed by atoms with Crippen molar-refractivity contribution in [1.82, 2.24) is 9.38 Å². The van der Waals surface area contributed by atoms with E-state index in [1.807, 2.05) is 10.6 Å². The van der Waals surface area contributed by atoms with Gasteiger partial charge in [0.25, 0.3) is 0 Å². The van der Waals surface area contributed by atoms with Gasteiger partial charge < -0.3 is 5.11 Å². The number of hydrogen-bond donors (Lipinski definition) is 1. The summed E-state index contributed by atoms with van der Waals surface area (Å²) in [4.78, 5) is 16.5. The van der Waals surface area contributed by atoms with Crippen LogP contribution in [0.1, 0.15) is 53.4 Å². The van der Waals surface area contributed by atoms with E-state index in [4.69, 9.17) is 5.11 Å². The molecule has 17 heavy (non-hydrogen) atoms. The number of aromatic carboxylic acids is 1. The predicted octanol–water partition coefficient (Wildman–Crippen LogP) is 3.14. The number of carboxylic acids is 1. The van der Waals surface area contributed by atoms with E-state index in [0.717, 1.165) is 10.7 Å². The first kappa shape index (κ1) is 10.8. The van der Waals surface area contributed by atoms with Gasteiger partial charge >= 0.3 is 5.97 Å². The number of aromatic nitrogens is 2. The van der Waals surface area contributed by atoms with Crippen LogP contribution in [0, 0.1) is 0 Å². The Bertz CT molecular complexity index is 520. The van der Waals surface area contributed by atoms with Gasteiger partial charge in [-0.15, -0.1) is 0 Å². The number of thiazole rings is 1. The fraction of sp³-hybridized carbons (Fsp3) is 0.500. The molecule has 0 bridgehead atoms. The molecule has 2 aromatic heterocycles. The van der Waals surface area contributed by atoms with Crippen molar-refractivity contribution in [3.8, 4) is 0 Å². The number of carbonyl (C=O) groups is 1. The molecule has 0 saturated heterocycles. The van der Waals surface area contributed by atoms with Crippen molar-refractivity contribution in [3.05, 3.63) is 23.0 Å².